The number of Topliss-reactive ketones (excluding diaryl/α,β-unsaturated/α-hetero) is 1. The van der Waals surface area contributed by atoms with Crippen LogP contribution in [-0.4, -0.2) is 45.3 Å². The number of ketones is 1. The van der Waals surface area contributed by atoms with Gasteiger partial charge in [0.2, 0.25) is 5.78 Å². The molecule has 0 N–H and O–H groups in total. The molecule has 6 nitrogen and oxygen atoms in total. The fourth-order valence-electron chi connectivity index (χ4n) is 6.37. The molecule has 4 aliphatic rings. The monoisotopic (exact) mass is 455 g/mol. The van der Waals surface area contributed by atoms with Gasteiger partial charge in [-0.05, 0) is 44.7 Å². The Kier molecular flexibility index (Phi) is 4.30. The van der Waals surface area contributed by atoms with Crippen LogP contribution in [0.25, 0.3) is 0 Å². The zero-order valence-electron chi connectivity index (χ0n) is 19.8. The fourth-order valence-corrected chi connectivity index (χ4v) is 6.37. The Balaban J connectivity index is 1.49. The number of hydrogen-bond acceptors (Lipinski definition) is 4. The van der Waals surface area contributed by atoms with E-state index in [4.69, 9.17) is 5.10 Å². The van der Waals surface area contributed by atoms with Gasteiger partial charge in [0, 0.05) is 24.9 Å². The smallest absolute Gasteiger partial charge is 0.291 e. The molecular formula is C28H29N3O3. The van der Waals surface area contributed by atoms with Crippen molar-refractivity contribution in [3.63, 3.8) is 0 Å². The van der Waals surface area contributed by atoms with E-state index in [2.05, 4.69) is 0 Å². The van der Waals surface area contributed by atoms with Crippen LogP contribution in [0.3, 0.4) is 0 Å². The lowest BCUT2D eigenvalue weighted by Crippen LogP contribution is -2.44. The molecule has 2 heterocycles. The molecule has 0 aromatic heterocycles. The first-order valence-electron chi connectivity index (χ1n) is 12.1. The number of benzene rings is 2. The second-order valence-electron chi connectivity index (χ2n) is 11.1. The molecule has 3 atom stereocenters. The lowest BCUT2D eigenvalue weighted by molar-refractivity contribution is -0.143. The molecule has 34 heavy (non-hydrogen) atoms. The van der Waals surface area contributed by atoms with E-state index >= 15 is 0 Å². The first kappa shape index (κ1) is 21.3. The summed E-state index contributed by atoms with van der Waals surface area (Å²) in [6, 6.07) is 19.5. The average molecular weight is 456 g/mol. The van der Waals surface area contributed by atoms with E-state index in [1.54, 1.807) is 9.91 Å². The zero-order valence-corrected chi connectivity index (χ0v) is 19.8. The normalized spacial score (nSPS) is 30.6. The number of hydrazone groups is 1. The summed E-state index contributed by atoms with van der Waals surface area (Å²) in [5.74, 6) is -1.22. The van der Waals surface area contributed by atoms with Crippen molar-refractivity contribution in [2.45, 2.75) is 51.6 Å². The van der Waals surface area contributed by atoms with Gasteiger partial charge in [0.1, 0.15) is 5.41 Å². The molecule has 2 unspecified atom stereocenters. The second kappa shape index (κ2) is 6.87. The molecule has 2 amide bonds. The van der Waals surface area contributed by atoms with Gasteiger partial charge in [-0.3, -0.25) is 14.4 Å². The van der Waals surface area contributed by atoms with Crippen molar-refractivity contribution in [2.75, 3.05) is 6.54 Å². The van der Waals surface area contributed by atoms with Crippen molar-refractivity contribution in [3.8, 4) is 0 Å². The van der Waals surface area contributed by atoms with Crippen LogP contribution >= 0.6 is 0 Å². The van der Waals surface area contributed by atoms with Gasteiger partial charge >= 0.3 is 0 Å². The van der Waals surface area contributed by atoms with Crippen LogP contribution in [0, 0.1) is 16.7 Å². The van der Waals surface area contributed by atoms with Crippen LogP contribution in [0.2, 0.25) is 0 Å². The Labute approximate surface area is 199 Å². The van der Waals surface area contributed by atoms with Crippen molar-refractivity contribution in [3.05, 3.63) is 71.8 Å². The van der Waals surface area contributed by atoms with Crippen LogP contribution in [0.15, 0.2) is 65.8 Å². The van der Waals surface area contributed by atoms with Crippen LogP contribution < -0.4 is 0 Å². The predicted molar refractivity (Wildman–Crippen MR) is 128 cm³/mol. The quantitative estimate of drug-likeness (QED) is 0.659. The predicted octanol–water partition coefficient (Wildman–Crippen LogP) is 3.77. The number of likely N-dealkylation sites (tertiary alicyclic amines) is 1. The molecule has 2 aromatic rings. The largest absolute Gasteiger partial charge is 0.331 e. The Bertz CT molecular complexity index is 1230. The zero-order chi connectivity index (χ0) is 23.9. The average Bonchev–Trinajstić information content (AvgIpc) is 3.70. The Morgan fingerprint density at radius 2 is 1.56 bits per heavy atom. The van der Waals surface area contributed by atoms with Gasteiger partial charge in [0.25, 0.3) is 11.8 Å². The van der Waals surface area contributed by atoms with E-state index in [0.717, 1.165) is 29.7 Å². The third kappa shape index (κ3) is 2.62. The van der Waals surface area contributed by atoms with Gasteiger partial charge in [-0.2, -0.15) is 5.10 Å². The maximum atomic E-state index is 14.3. The third-order valence-electron chi connectivity index (χ3n) is 7.96. The summed E-state index contributed by atoms with van der Waals surface area (Å²) in [6.45, 7) is 6.50. The second-order valence-corrected chi connectivity index (χ2v) is 11.1. The molecule has 2 aromatic carbocycles. The van der Waals surface area contributed by atoms with Crippen LogP contribution in [0.4, 0.5) is 0 Å². The van der Waals surface area contributed by atoms with Crippen LogP contribution in [-0.2, 0) is 20.9 Å². The molecule has 1 saturated heterocycles. The van der Waals surface area contributed by atoms with E-state index in [-0.39, 0.29) is 24.3 Å². The third-order valence-corrected chi connectivity index (χ3v) is 7.96. The molecule has 0 bridgehead atoms. The lowest BCUT2D eigenvalue weighted by atomic mass is 9.84. The first-order valence-corrected chi connectivity index (χ1v) is 12.1. The number of carbonyl (C=O) groups excluding carboxylic acids is 3. The van der Waals surface area contributed by atoms with Gasteiger partial charge < -0.3 is 4.90 Å². The van der Waals surface area contributed by atoms with Crippen molar-refractivity contribution in [1.29, 1.82) is 0 Å². The van der Waals surface area contributed by atoms with E-state index < -0.39 is 28.1 Å². The summed E-state index contributed by atoms with van der Waals surface area (Å²) in [5, 5.41) is 6.49. The van der Waals surface area contributed by atoms with Gasteiger partial charge in [0.05, 0.1) is 16.7 Å². The minimum Gasteiger partial charge on any atom is -0.331 e. The Morgan fingerprint density at radius 3 is 2.15 bits per heavy atom. The highest BCUT2D eigenvalue weighted by Crippen LogP contribution is 2.80. The molecule has 2 saturated carbocycles. The minimum absolute atomic E-state index is 0.126. The van der Waals surface area contributed by atoms with Gasteiger partial charge in [-0.15, -0.1) is 0 Å². The van der Waals surface area contributed by atoms with Gasteiger partial charge in [-0.25, -0.2) is 5.01 Å². The highest BCUT2D eigenvalue weighted by molar-refractivity contribution is 6.45. The van der Waals surface area contributed by atoms with Crippen molar-refractivity contribution in [1.82, 2.24) is 9.91 Å². The molecule has 0 radical (unpaired) electrons. The summed E-state index contributed by atoms with van der Waals surface area (Å²) >= 11 is 0. The SMILES string of the molecule is CC(C)(C)N1N=C(C2CC2)C2(C1=O)[C@@H](c1ccccc1)C21CN(Cc2ccccc2)C(=O)C1=O. The Hall–Kier alpha value is -3.28. The fraction of sp³-hybridized carbons (Fsp3) is 0.429. The van der Waals surface area contributed by atoms with E-state index in [0.29, 0.717) is 6.54 Å². The maximum Gasteiger partial charge on any atom is 0.291 e. The number of nitrogens with zero attached hydrogens (tertiary/aromatic N) is 3. The van der Waals surface area contributed by atoms with Gasteiger partial charge in [0.15, 0.2) is 0 Å². The molecule has 174 valence electrons. The van der Waals surface area contributed by atoms with E-state index in [1.807, 2.05) is 81.4 Å². The van der Waals surface area contributed by atoms with Crippen LogP contribution in [0.5, 0.6) is 0 Å². The van der Waals surface area contributed by atoms with E-state index in [1.165, 1.54) is 0 Å². The number of hydrogen-bond donors (Lipinski definition) is 0. The maximum absolute atomic E-state index is 14.3. The number of amides is 2. The highest BCUT2D eigenvalue weighted by Gasteiger charge is 2.91. The summed E-state index contributed by atoms with van der Waals surface area (Å²) in [5.41, 5.74) is 0.0457. The minimum atomic E-state index is -1.10. The lowest BCUT2D eigenvalue weighted by Gasteiger charge is -2.29. The van der Waals surface area contributed by atoms with E-state index in [9.17, 15) is 14.4 Å². The first-order chi connectivity index (χ1) is 16.2. The van der Waals surface area contributed by atoms with Crippen molar-refractivity contribution < 1.29 is 14.4 Å². The molecular weight excluding hydrogens is 426 g/mol. The van der Waals surface area contributed by atoms with Gasteiger partial charge in [-0.1, -0.05) is 60.7 Å². The number of rotatable bonds is 4. The number of fused-ring (bicyclic) bond motifs is 1. The molecule has 6 heteroatoms. The molecule has 2 spiro atoms. The molecule has 3 fully saturated rings. The molecule has 6 rings (SSSR count). The molecule has 2 aliphatic heterocycles. The summed E-state index contributed by atoms with van der Waals surface area (Å²) in [7, 11) is 0. The Morgan fingerprint density at radius 1 is 0.941 bits per heavy atom. The van der Waals surface area contributed by atoms with Crippen molar-refractivity contribution >= 4 is 23.3 Å². The molecule has 2 aliphatic carbocycles. The summed E-state index contributed by atoms with van der Waals surface area (Å²) < 4.78 is 0. The topological polar surface area (TPSA) is 70.1 Å². The summed E-state index contributed by atoms with van der Waals surface area (Å²) in [6.07, 6.45) is 1.94. The summed E-state index contributed by atoms with van der Waals surface area (Å²) in [4.78, 5) is 43.2. The van der Waals surface area contributed by atoms with Crippen molar-refractivity contribution in [2.24, 2.45) is 21.8 Å². The van der Waals surface area contributed by atoms with Crippen LogP contribution in [0.1, 0.15) is 50.7 Å². The highest BCUT2D eigenvalue weighted by atomic mass is 16.2. The standard InChI is InChI=1S/C28H29N3O3/c1-26(2,3)31-25(34)28(22(29-31)20-14-15-20)21(19-12-8-5-9-13-19)27(28)17-30(24(33)23(27)32)16-18-10-6-4-7-11-18/h4-13,20-21H,14-17H2,1-3H3/t21-,27?,28?/m0/s1. The number of carbonyl (C=O) groups is 3.